The van der Waals surface area contributed by atoms with E-state index in [1.807, 2.05) is 48.5 Å². The molecule has 3 aromatic carbocycles. The van der Waals surface area contributed by atoms with Crippen molar-refractivity contribution in [2.45, 2.75) is 35.4 Å². The lowest BCUT2D eigenvalue weighted by atomic mass is 9.54. The Labute approximate surface area is 246 Å². The van der Waals surface area contributed by atoms with Gasteiger partial charge in [-0.1, -0.05) is 84.2 Å². The van der Waals surface area contributed by atoms with Crippen molar-refractivity contribution in [3.63, 3.8) is 0 Å². The Morgan fingerprint density at radius 1 is 0.744 bits per heavy atom. The van der Waals surface area contributed by atoms with Crippen LogP contribution in [0.3, 0.4) is 0 Å². The molecule has 0 saturated carbocycles. The van der Waals surface area contributed by atoms with Gasteiger partial charge in [0.1, 0.15) is 9.75 Å². The molecule has 3 aliphatic carbocycles. The standard InChI is InChI=1S/C30H24Cl4N2O3/c31-21-13-8-14-22(26(21)32)35-23(37)15-2-1-7-16-36-27(38)24-25(28(36)39)30(34)18-10-4-3-9-17(18)29(24,33)19-11-5-6-12-20(19)30/h3-6,8-14,24-25H,1-2,7,15-16H2,(H,35,37)/t24-,25+,29?,30?. The number of imide groups is 1. The van der Waals surface area contributed by atoms with Gasteiger partial charge in [0.05, 0.1) is 27.6 Å². The van der Waals surface area contributed by atoms with E-state index in [2.05, 4.69) is 5.32 Å². The van der Waals surface area contributed by atoms with Crippen LogP contribution in [0.4, 0.5) is 5.69 Å². The lowest BCUT2D eigenvalue weighted by Gasteiger charge is -2.54. The minimum Gasteiger partial charge on any atom is -0.325 e. The summed E-state index contributed by atoms with van der Waals surface area (Å²) in [5.41, 5.74) is 3.61. The number of hydrogen-bond acceptors (Lipinski definition) is 3. The molecule has 0 radical (unpaired) electrons. The average molecular weight is 602 g/mol. The van der Waals surface area contributed by atoms with Gasteiger partial charge >= 0.3 is 0 Å². The number of likely N-dealkylation sites (tertiary alicyclic amines) is 1. The van der Waals surface area contributed by atoms with Gasteiger partial charge in [0.15, 0.2) is 0 Å². The molecule has 3 aromatic rings. The predicted octanol–water partition coefficient (Wildman–Crippen LogP) is 7.09. The maximum Gasteiger partial charge on any atom is 0.235 e. The molecule has 39 heavy (non-hydrogen) atoms. The summed E-state index contributed by atoms with van der Waals surface area (Å²) in [5, 5.41) is 3.44. The first-order valence-electron chi connectivity index (χ1n) is 12.9. The summed E-state index contributed by atoms with van der Waals surface area (Å²) >= 11 is 27.0. The van der Waals surface area contributed by atoms with E-state index in [-0.39, 0.29) is 30.7 Å². The van der Waals surface area contributed by atoms with Crippen LogP contribution in [-0.4, -0.2) is 29.2 Å². The second kappa shape index (κ2) is 9.81. The number of rotatable bonds is 7. The Morgan fingerprint density at radius 3 is 1.77 bits per heavy atom. The van der Waals surface area contributed by atoms with Crippen LogP contribution in [0.25, 0.3) is 0 Å². The summed E-state index contributed by atoms with van der Waals surface area (Å²) in [7, 11) is 0. The zero-order chi connectivity index (χ0) is 27.5. The molecule has 9 heteroatoms. The first-order chi connectivity index (χ1) is 18.7. The molecule has 0 spiro atoms. The number of benzene rings is 3. The Morgan fingerprint density at radius 2 is 1.26 bits per heavy atom. The number of carbonyl (C=O) groups is 3. The molecule has 1 aliphatic heterocycles. The molecule has 0 unspecified atom stereocenters. The van der Waals surface area contributed by atoms with E-state index < -0.39 is 21.6 Å². The first-order valence-corrected chi connectivity index (χ1v) is 14.4. The molecule has 2 atom stereocenters. The second-order valence-electron chi connectivity index (χ2n) is 10.3. The highest BCUT2D eigenvalue weighted by Crippen LogP contribution is 2.69. The van der Waals surface area contributed by atoms with Crippen molar-refractivity contribution in [3.05, 3.63) is 99.0 Å². The Kier molecular flexibility index (Phi) is 6.70. The second-order valence-corrected chi connectivity index (χ2v) is 12.2. The molecule has 1 N–H and O–H groups in total. The van der Waals surface area contributed by atoms with Gasteiger partial charge in [-0.05, 0) is 47.2 Å². The van der Waals surface area contributed by atoms with Gasteiger partial charge in [-0.3, -0.25) is 19.3 Å². The number of hydrogen-bond donors (Lipinski definition) is 1. The number of carbonyl (C=O) groups excluding carboxylic acids is 3. The van der Waals surface area contributed by atoms with Crippen molar-refractivity contribution in [2.75, 3.05) is 11.9 Å². The zero-order valence-electron chi connectivity index (χ0n) is 20.7. The third-order valence-corrected chi connectivity index (χ3v) is 10.3. The summed E-state index contributed by atoms with van der Waals surface area (Å²) in [6.07, 6.45) is 2.08. The van der Waals surface area contributed by atoms with Crippen LogP contribution >= 0.6 is 46.4 Å². The van der Waals surface area contributed by atoms with Gasteiger partial charge in [0, 0.05) is 13.0 Å². The van der Waals surface area contributed by atoms with E-state index in [1.54, 1.807) is 18.2 Å². The molecule has 1 heterocycles. The molecule has 0 aromatic heterocycles. The molecular weight excluding hydrogens is 578 g/mol. The summed E-state index contributed by atoms with van der Waals surface area (Å²) in [4.78, 5) is 39.0. The van der Waals surface area contributed by atoms with Crippen molar-refractivity contribution < 1.29 is 14.4 Å². The molecule has 5 nitrogen and oxygen atoms in total. The van der Waals surface area contributed by atoms with Crippen LogP contribution in [0.2, 0.25) is 10.0 Å². The Bertz CT molecular complexity index is 1400. The molecule has 200 valence electrons. The minimum atomic E-state index is -1.17. The highest BCUT2D eigenvalue weighted by Gasteiger charge is 2.72. The average Bonchev–Trinajstić information content (AvgIpc) is 3.20. The predicted molar refractivity (Wildman–Crippen MR) is 153 cm³/mol. The van der Waals surface area contributed by atoms with Gasteiger partial charge in [0.25, 0.3) is 0 Å². The maximum absolute atomic E-state index is 13.8. The van der Waals surface area contributed by atoms with Crippen molar-refractivity contribution in [1.29, 1.82) is 0 Å². The van der Waals surface area contributed by atoms with Crippen LogP contribution in [0.15, 0.2) is 66.7 Å². The Hall–Kier alpha value is -2.57. The summed E-state index contributed by atoms with van der Waals surface area (Å²) < 4.78 is 0. The van der Waals surface area contributed by atoms with Crippen molar-refractivity contribution in [3.8, 4) is 0 Å². The molecule has 3 amide bonds. The minimum absolute atomic E-state index is 0.182. The quantitative estimate of drug-likeness (QED) is 0.179. The van der Waals surface area contributed by atoms with E-state index >= 15 is 0 Å². The lowest BCUT2D eigenvalue weighted by Crippen LogP contribution is -2.57. The van der Waals surface area contributed by atoms with Gasteiger partial charge in [-0.2, -0.15) is 0 Å². The lowest BCUT2D eigenvalue weighted by molar-refractivity contribution is -0.140. The highest BCUT2D eigenvalue weighted by molar-refractivity contribution is 6.44. The van der Waals surface area contributed by atoms with Crippen LogP contribution < -0.4 is 5.32 Å². The van der Waals surface area contributed by atoms with Crippen LogP contribution in [0.5, 0.6) is 0 Å². The van der Waals surface area contributed by atoms with Gasteiger partial charge in [-0.25, -0.2) is 0 Å². The topological polar surface area (TPSA) is 66.5 Å². The van der Waals surface area contributed by atoms with Gasteiger partial charge < -0.3 is 5.32 Å². The van der Waals surface area contributed by atoms with E-state index in [9.17, 15) is 14.4 Å². The van der Waals surface area contributed by atoms with Crippen LogP contribution in [0.1, 0.15) is 47.9 Å². The summed E-state index contributed by atoms with van der Waals surface area (Å²) in [6.45, 7) is 0.249. The largest absolute Gasteiger partial charge is 0.325 e. The highest BCUT2D eigenvalue weighted by atomic mass is 35.5. The molecule has 1 saturated heterocycles. The van der Waals surface area contributed by atoms with Gasteiger partial charge in [-0.15, -0.1) is 23.2 Å². The molecule has 2 bridgehead atoms. The number of amides is 3. The number of nitrogens with one attached hydrogen (secondary N) is 1. The third kappa shape index (κ3) is 3.85. The van der Waals surface area contributed by atoms with Crippen LogP contribution in [0, 0.1) is 11.8 Å². The fourth-order valence-corrected chi connectivity index (χ4v) is 7.94. The van der Waals surface area contributed by atoms with Crippen molar-refractivity contribution in [1.82, 2.24) is 4.90 Å². The summed E-state index contributed by atoms with van der Waals surface area (Å²) in [5.74, 6) is -2.34. The molecule has 7 rings (SSSR count). The normalized spacial score (nSPS) is 26.3. The number of unbranched alkanes of at least 4 members (excludes halogenated alkanes) is 2. The van der Waals surface area contributed by atoms with Crippen LogP contribution in [-0.2, 0) is 24.1 Å². The van der Waals surface area contributed by atoms with E-state index in [1.165, 1.54) is 4.90 Å². The van der Waals surface area contributed by atoms with Crippen molar-refractivity contribution in [2.24, 2.45) is 11.8 Å². The number of nitrogens with zero attached hydrogens (tertiary/aromatic N) is 1. The molecule has 1 fully saturated rings. The SMILES string of the molecule is O=C(CCCCCN1C(=O)[C@@H]2[C@H](C1=O)C1(Cl)c3ccccc3C2(Cl)c2ccccc21)Nc1cccc(Cl)c1Cl. The number of halogens is 4. The monoisotopic (exact) mass is 600 g/mol. The Balaban J connectivity index is 1.16. The first kappa shape index (κ1) is 26.6. The molecule has 4 aliphatic rings. The van der Waals surface area contributed by atoms with E-state index in [0.29, 0.717) is 35.0 Å². The fourth-order valence-electron chi connectivity index (χ4n) is 6.49. The van der Waals surface area contributed by atoms with E-state index in [0.717, 1.165) is 22.3 Å². The fraction of sp³-hybridized carbons (Fsp3) is 0.300. The number of anilines is 1. The molecular formula is C30H24Cl4N2O3. The maximum atomic E-state index is 13.8. The third-order valence-electron chi connectivity index (χ3n) is 8.19. The van der Waals surface area contributed by atoms with Gasteiger partial charge in [0.2, 0.25) is 17.7 Å². The summed E-state index contributed by atoms with van der Waals surface area (Å²) in [6, 6.07) is 20.2. The van der Waals surface area contributed by atoms with E-state index in [4.69, 9.17) is 46.4 Å². The zero-order valence-corrected chi connectivity index (χ0v) is 23.7. The smallest absolute Gasteiger partial charge is 0.235 e. The number of alkyl halides is 2. The van der Waals surface area contributed by atoms with Crippen molar-refractivity contribution >= 4 is 69.8 Å².